The molecule has 0 heterocycles. The molecule has 0 fully saturated rings. The summed E-state index contributed by atoms with van der Waals surface area (Å²) < 4.78 is 17.6. The molecule has 1 unspecified atom stereocenters. The lowest BCUT2D eigenvalue weighted by Gasteiger charge is -2.06. The Kier molecular flexibility index (Phi) is 4.91. The van der Waals surface area contributed by atoms with E-state index in [0.29, 0.717) is 23.7 Å². The first-order valence-corrected chi connectivity index (χ1v) is 7.59. The number of hydrogen-bond acceptors (Lipinski definition) is 3. The predicted octanol–water partition coefficient (Wildman–Crippen LogP) is 3.05. The van der Waals surface area contributed by atoms with Crippen LogP contribution in [0.2, 0.25) is 0 Å². The third kappa shape index (κ3) is 3.94. The molecule has 2 aromatic carbocycles. The second kappa shape index (κ2) is 6.88. The lowest BCUT2D eigenvalue weighted by molar-refractivity contribution is 0.342. The molecule has 0 aliphatic heterocycles. The highest BCUT2D eigenvalue weighted by Gasteiger charge is 2.04. The van der Waals surface area contributed by atoms with Crippen molar-refractivity contribution in [2.24, 2.45) is 0 Å². The Labute approximate surface area is 121 Å². The minimum atomic E-state index is -1.05. The highest BCUT2D eigenvalue weighted by Crippen LogP contribution is 2.12. The van der Waals surface area contributed by atoms with Crippen molar-refractivity contribution < 1.29 is 8.95 Å². The van der Waals surface area contributed by atoms with Crippen LogP contribution in [-0.2, 0) is 10.8 Å². The first-order valence-electron chi connectivity index (χ1n) is 6.27. The molecule has 1 atom stereocenters. The van der Waals surface area contributed by atoms with E-state index in [2.05, 4.69) is 6.07 Å². The van der Waals surface area contributed by atoms with E-state index in [1.807, 2.05) is 31.2 Å². The van der Waals surface area contributed by atoms with Gasteiger partial charge in [0.25, 0.3) is 0 Å². The van der Waals surface area contributed by atoms with Crippen LogP contribution in [0.3, 0.4) is 0 Å². The maximum atomic E-state index is 12.0. The second-order valence-electron chi connectivity index (χ2n) is 4.35. The van der Waals surface area contributed by atoms with Crippen molar-refractivity contribution in [3.05, 3.63) is 59.7 Å². The SMILES string of the molecule is Cc1ccc(S(=O)CCOc2ccc(C#N)cc2)cc1. The molecule has 4 heteroatoms. The maximum absolute atomic E-state index is 12.0. The van der Waals surface area contributed by atoms with E-state index in [-0.39, 0.29) is 0 Å². The van der Waals surface area contributed by atoms with Gasteiger partial charge in [0.15, 0.2) is 0 Å². The van der Waals surface area contributed by atoms with E-state index in [0.717, 1.165) is 10.5 Å². The first kappa shape index (κ1) is 14.3. The van der Waals surface area contributed by atoms with Gasteiger partial charge in [-0.1, -0.05) is 17.7 Å². The van der Waals surface area contributed by atoms with Gasteiger partial charge in [-0.3, -0.25) is 4.21 Å². The highest BCUT2D eigenvalue weighted by atomic mass is 32.2. The topological polar surface area (TPSA) is 50.1 Å². The minimum Gasteiger partial charge on any atom is -0.493 e. The molecule has 3 nitrogen and oxygen atoms in total. The molecule has 0 bridgehead atoms. The van der Waals surface area contributed by atoms with E-state index in [1.165, 1.54) is 0 Å². The van der Waals surface area contributed by atoms with Crippen LogP contribution in [0.4, 0.5) is 0 Å². The summed E-state index contributed by atoms with van der Waals surface area (Å²) in [5.74, 6) is 1.13. The summed E-state index contributed by atoms with van der Waals surface area (Å²) in [5, 5.41) is 8.69. The van der Waals surface area contributed by atoms with E-state index in [9.17, 15) is 4.21 Å². The van der Waals surface area contributed by atoms with E-state index < -0.39 is 10.8 Å². The van der Waals surface area contributed by atoms with Crippen LogP contribution in [0.5, 0.6) is 5.75 Å². The molecule has 0 aliphatic carbocycles. The number of nitriles is 1. The lowest BCUT2D eigenvalue weighted by Crippen LogP contribution is -2.08. The van der Waals surface area contributed by atoms with Crippen molar-refractivity contribution in [3.8, 4) is 11.8 Å². The molecule has 0 aliphatic rings. The Bertz CT molecular complexity index is 627. The van der Waals surface area contributed by atoms with Gasteiger partial charge in [-0.2, -0.15) is 5.26 Å². The molecular formula is C16H15NO2S. The molecule has 0 aromatic heterocycles. The van der Waals surface area contributed by atoms with Gasteiger partial charge in [0.2, 0.25) is 0 Å². The number of ether oxygens (including phenoxy) is 1. The molecule has 102 valence electrons. The smallest absolute Gasteiger partial charge is 0.119 e. The Morgan fingerprint density at radius 3 is 2.35 bits per heavy atom. The average Bonchev–Trinajstić information content (AvgIpc) is 2.48. The summed E-state index contributed by atoms with van der Waals surface area (Å²) >= 11 is 0. The predicted molar refractivity (Wildman–Crippen MR) is 79.1 cm³/mol. The van der Waals surface area contributed by atoms with Gasteiger partial charge in [0.1, 0.15) is 12.4 Å². The third-order valence-corrected chi connectivity index (χ3v) is 4.14. The Morgan fingerprint density at radius 2 is 1.75 bits per heavy atom. The zero-order valence-electron chi connectivity index (χ0n) is 11.2. The molecular weight excluding hydrogens is 270 g/mol. The van der Waals surface area contributed by atoms with Gasteiger partial charge in [0.05, 0.1) is 28.2 Å². The number of rotatable bonds is 5. The molecule has 0 radical (unpaired) electrons. The van der Waals surface area contributed by atoms with Crippen LogP contribution in [0.15, 0.2) is 53.4 Å². The molecule has 0 amide bonds. The summed E-state index contributed by atoms with van der Waals surface area (Å²) in [6.07, 6.45) is 0. The fourth-order valence-corrected chi connectivity index (χ4v) is 2.58. The Hall–Kier alpha value is -2.12. The fraction of sp³-hybridized carbons (Fsp3) is 0.188. The first-order chi connectivity index (χ1) is 9.69. The summed E-state index contributed by atoms with van der Waals surface area (Å²) in [5.41, 5.74) is 1.75. The summed E-state index contributed by atoms with van der Waals surface area (Å²) in [7, 11) is -1.05. The number of benzene rings is 2. The highest BCUT2D eigenvalue weighted by molar-refractivity contribution is 7.85. The molecule has 0 spiro atoms. The number of nitrogens with zero attached hydrogens (tertiary/aromatic N) is 1. The summed E-state index contributed by atoms with van der Waals surface area (Å²) in [6.45, 7) is 2.38. The largest absolute Gasteiger partial charge is 0.493 e. The fourth-order valence-electron chi connectivity index (χ4n) is 1.67. The summed E-state index contributed by atoms with van der Waals surface area (Å²) in [4.78, 5) is 0.819. The molecule has 20 heavy (non-hydrogen) atoms. The third-order valence-electron chi connectivity index (χ3n) is 2.80. The quantitative estimate of drug-likeness (QED) is 0.848. The molecule has 2 rings (SSSR count). The van der Waals surface area contributed by atoms with Crippen LogP contribution in [-0.4, -0.2) is 16.6 Å². The van der Waals surface area contributed by atoms with Crippen molar-refractivity contribution in [2.75, 3.05) is 12.4 Å². The zero-order valence-corrected chi connectivity index (χ0v) is 12.0. The Balaban J connectivity index is 1.84. The van der Waals surface area contributed by atoms with E-state index in [1.54, 1.807) is 24.3 Å². The van der Waals surface area contributed by atoms with Crippen molar-refractivity contribution in [3.63, 3.8) is 0 Å². The second-order valence-corrected chi connectivity index (χ2v) is 5.92. The zero-order chi connectivity index (χ0) is 14.4. The van der Waals surface area contributed by atoms with Crippen LogP contribution in [0, 0.1) is 18.3 Å². The number of hydrogen-bond donors (Lipinski definition) is 0. The lowest BCUT2D eigenvalue weighted by atomic mass is 10.2. The molecule has 0 saturated heterocycles. The van der Waals surface area contributed by atoms with Gasteiger partial charge >= 0.3 is 0 Å². The average molecular weight is 285 g/mol. The van der Waals surface area contributed by atoms with Crippen LogP contribution in [0.25, 0.3) is 0 Å². The normalized spacial score (nSPS) is 11.6. The maximum Gasteiger partial charge on any atom is 0.119 e. The molecule has 2 aromatic rings. The van der Waals surface area contributed by atoms with Gasteiger partial charge in [-0.25, -0.2) is 0 Å². The van der Waals surface area contributed by atoms with Gasteiger partial charge in [-0.05, 0) is 43.3 Å². The van der Waals surface area contributed by atoms with Crippen LogP contribution < -0.4 is 4.74 Å². The standard InChI is InChI=1S/C16H15NO2S/c1-13-2-8-16(9-3-13)20(18)11-10-19-15-6-4-14(12-17)5-7-15/h2-9H,10-11H2,1H3. The van der Waals surface area contributed by atoms with Crippen molar-refractivity contribution in [1.82, 2.24) is 0 Å². The van der Waals surface area contributed by atoms with Gasteiger partial charge < -0.3 is 4.74 Å². The van der Waals surface area contributed by atoms with Crippen LogP contribution >= 0.6 is 0 Å². The van der Waals surface area contributed by atoms with E-state index in [4.69, 9.17) is 10.00 Å². The van der Waals surface area contributed by atoms with E-state index >= 15 is 0 Å². The van der Waals surface area contributed by atoms with Crippen molar-refractivity contribution in [1.29, 1.82) is 5.26 Å². The number of aryl methyl sites for hydroxylation is 1. The van der Waals surface area contributed by atoms with Crippen molar-refractivity contribution in [2.45, 2.75) is 11.8 Å². The molecule has 0 saturated carbocycles. The summed E-state index contributed by atoms with van der Waals surface area (Å²) in [6, 6.07) is 16.6. The van der Waals surface area contributed by atoms with Crippen LogP contribution in [0.1, 0.15) is 11.1 Å². The Morgan fingerprint density at radius 1 is 1.10 bits per heavy atom. The van der Waals surface area contributed by atoms with Crippen molar-refractivity contribution >= 4 is 10.8 Å². The minimum absolute atomic E-state index is 0.381. The monoisotopic (exact) mass is 285 g/mol. The van der Waals surface area contributed by atoms with Gasteiger partial charge in [0, 0.05) is 4.90 Å². The van der Waals surface area contributed by atoms with Gasteiger partial charge in [-0.15, -0.1) is 0 Å². The molecule has 0 N–H and O–H groups in total.